The summed E-state index contributed by atoms with van der Waals surface area (Å²) >= 11 is 5.60. The van der Waals surface area contributed by atoms with Crippen LogP contribution in [-0.4, -0.2) is 9.67 Å². The van der Waals surface area contributed by atoms with Crippen LogP contribution in [0.3, 0.4) is 0 Å². The molecule has 0 spiro atoms. The molecule has 0 fully saturated rings. The topological polar surface area (TPSA) is 54.6 Å². The standard InChI is InChI=1S/C27H17FI2N2O2S/c28-17-8-5-15(6-9-17)24-20-10-7-14-3-1-2-4-19(14)23(20)31-27-32(24)26(34)22(35-27)12-16-11-18(29)13-21(30)25(16)33/h1-6,8-9,11-13,24,33H,7,10H2/b22-12+/t24-/m1/s1. The molecule has 174 valence electrons. The number of nitrogens with zero attached hydrogens (tertiary/aromatic N) is 2. The van der Waals surface area contributed by atoms with Gasteiger partial charge in [-0.25, -0.2) is 9.38 Å². The van der Waals surface area contributed by atoms with Crippen LogP contribution in [0.2, 0.25) is 0 Å². The Hall–Kier alpha value is -2.31. The van der Waals surface area contributed by atoms with Crippen molar-refractivity contribution < 1.29 is 9.50 Å². The smallest absolute Gasteiger partial charge is 0.271 e. The van der Waals surface area contributed by atoms with E-state index < -0.39 is 0 Å². The van der Waals surface area contributed by atoms with Crippen LogP contribution >= 0.6 is 56.5 Å². The van der Waals surface area contributed by atoms with E-state index in [4.69, 9.17) is 4.99 Å². The van der Waals surface area contributed by atoms with E-state index in [1.165, 1.54) is 29.0 Å². The van der Waals surface area contributed by atoms with Crippen LogP contribution in [0.5, 0.6) is 5.75 Å². The lowest BCUT2D eigenvalue weighted by Gasteiger charge is -2.30. The highest BCUT2D eigenvalue weighted by Crippen LogP contribution is 2.41. The Balaban J connectivity index is 1.64. The lowest BCUT2D eigenvalue weighted by Crippen LogP contribution is -2.38. The first kappa shape index (κ1) is 23.1. The molecule has 8 heteroatoms. The van der Waals surface area contributed by atoms with Gasteiger partial charge in [-0.3, -0.25) is 9.36 Å². The number of aromatic hydroxyl groups is 1. The molecular weight excluding hydrogens is 689 g/mol. The normalized spacial score (nSPS) is 17.0. The highest BCUT2D eigenvalue weighted by molar-refractivity contribution is 14.1. The van der Waals surface area contributed by atoms with Gasteiger partial charge in [0.2, 0.25) is 0 Å². The number of rotatable bonds is 2. The van der Waals surface area contributed by atoms with Crippen molar-refractivity contribution in [2.75, 3.05) is 0 Å². The molecule has 4 aromatic rings. The molecule has 1 atom stereocenters. The Labute approximate surface area is 231 Å². The monoisotopic (exact) mass is 706 g/mol. The van der Waals surface area contributed by atoms with Crippen molar-refractivity contribution in [2.45, 2.75) is 18.9 Å². The third kappa shape index (κ3) is 3.99. The van der Waals surface area contributed by atoms with E-state index in [1.807, 2.05) is 24.3 Å². The summed E-state index contributed by atoms with van der Waals surface area (Å²) in [5.41, 5.74) is 5.59. The number of phenols is 1. The number of thiazole rings is 1. The molecule has 0 amide bonds. The molecule has 2 heterocycles. The summed E-state index contributed by atoms with van der Waals surface area (Å²) in [7, 11) is 0. The fourth-order valence-corrected chi connectivity index (χ4v) is 7.69. The second kappa shape index (κ2) is 8.97. The predicted octanol–water partition coefficient (Wildman–Crippen LogP) is 5.37. The van der Waals surface area contributed by atoms with Crippen LogP contribution < -0.4 is 14.9 Å². The Morgan fingerprint density at radius 2 is 1.86 bits per heavy atom. The molecule has 2 aliphatic rings. The van der Waals surface area contributed by atoms with Crippen molar-refractivity contribution >= 4 is 68.3 Å². The molecule has 0 radical (unpaired) electrons. The van der Waals surface area contributed by atoms with Gasteiger partial charge in [0.05, 0.1) is 19.8 Å². The molecule has 0 saturated heterocycles. The van der Waals surface area contributed by atoms with Crippen molar-refractivity contribution in [1.29, 1.82) is 0 Å². The zero-order valence-electron chi connectivity index (χ0n) is 18.1. The summed E-state index contributed by atoms with van der Waals surface area (Å²) in [5, 5.41) is 10.6. The first-order valence-electron chi connectivity index (χ1n) is 11.0. The second-order valence-corrected chi connectivity index (χ2v) is 11.9. The minimum absolute atomic E-state index is 0.153. The van der Waals surface area contributed by atoms with Crippen LogP contribution in [0, 0.1) is 13.0 Å². The van der Waals surface area contributed by atoms with E-state index in [9.17, 15) is 14.3 Å². The van der Waals surface area contributed by atoms with E-state index >= 15 is 0 Å². The van der Waals surface area contributed by atoms with E-state index in [1.54, 1.807) is 22.8 Å². The van der Waals surface area contributed by atoms with Crippen LogP contribution in [0.1, 0.15) is 34.7 Å². The van der Waals surface area contributed by atoms with Gasteiger partial charge in [-0.15, -0.1) is 0 Å². The number of fused-ring (bicyclic) bond motifs is 3. The van der Waals surface area contributed by atoms with Gasteiger partial charge >= 0.3 is 0 Å². The van der Waals surface area contributed by atoms with Gasteiger partial charge < -0.3 is 5.11 Å². The minimum atomic E-state index is -0.359. The molecule has 1 aliphatic carbocycles. The summed E-state index contributed by atoms with van der Waals surface area (Å²) < 4.78 is 17.7. The van der Waals surface area contributed by atoms with Gasteiger partial charge in [0.25, 0.3) is 5.56 Å². The highest BCUT2D eigenvalue weighted by atomic mass is 127. The first-order chi connectivity index (χ1) is 16.9. The van der Waals surface area contributed by atoms with Gasteiger partial charge in [0.15, 0.2) is 4.80 Å². The highest BCUT2D eigenvalue weighted by Gasteiger charge is 2.32. The number of hydrogen-bond donors (Lipinski definition) is 1. The lowest BCUT2D eigenvalue weighted by atomic mass is 9.83. The quantitative estimate of drug-likeness (QED) is 0.285. The number of phenolic OH excluding ortho intramolecular Hbond substituents is 1. The van der Waals surface area contributed by atoms with E-state index in [0.717, 1.165) is 42.4 Å². The molecule has 1 N–H and O–H groups in total. The van der Waals surface area contributed by atoms with E-state index in [2.05, 4.69) is 57.3 Å². The number of allylic oxidation sites excluding steroid dienone is 1. The molecule has 0 unspecified atom stereocenters. The second-order valence-electron chi connectivity index (χ2n) is 8.49. The van der Waals surface area contributed by atoms with Crippen LogP contribution in [-0.2, 0) is 6.42 Å². The van der Waals surface area contributed by atoms with Crippen molar-refractivity contribution in [3.05, 3.63) is 121 Å². The maximum atomic E-state index is 13.8. The van der Waals surface area contributed by atoms with Gasteiger partial charge in [-0.05, 0) is 105 Å². The maximum Gasteiger partial charge on any atom is 0.271 e. The Morgan fingerprint density at radius 3 is 2.66 bits per heavy atom. The number of aromatic nitrogens is 1. The van der Waals surface area contributed by atoms with Crippen LogP contribution in [0.4, 0.5) is 4.39 Å². The fraction of sp³-hybridized carbons (Fsp3) is 0.111. The predicted molar refractivity (Wildman–Crippen MR) is 153 cm³/mol. The minimum Gasteiger partial charge on any atom is -0.506 e. The largest absolute Gasteiger partial charge is 0.506 e. The number of hydrogen-bond acceptors (Lipinski definition) is 4. The van der Waals surface area contributed by atoms with Crippen molar-refractivity contribution in [3.8, 4) is 5.75 Å². The number of halogens is 3. The van der Waals surface area contributed by atoms with Gasteiger partial charge in [0.1, 0.15) is 11.6 Å². The zero-order chi connectivity index (χ0) is 24.3. The first-order valence-corrected chi connectivity index (χ1v) is 13.9. The fourth-order valence-electron chi connectivity index (χ4n) is 4.80. The molecule has 3 aromatic carbocycles. The van der Waals surface area contributed by atoms with E-state index in [0.29, 0.717) is 14.9 Å². The zero-order valence-corrected chi connectivity index (χ0v) is 23.3. The average Bonchev–Trinajstić information content (AvgIpc) is 3.16. The maximum absolute atomic E-state index is 13.8. The molecule has 0 saturated carbocycles. The number of aryl methyl sites for hydroxylation is 1. The lowest BCUT2D eigenvalue weighted by molar-refractivity contribution is 0.470. The third-order valence-corrected chi connectivity index (χ3v) is 8.83. The third-order valence-electron chi connectivity index (χ3n) is 6.40. The summed E-state index contributed by atoms with van der Waals surface area (Å²) in [6.45, 7) is 0. The van der Waals surface area contributed by atoms with Crippen molar-refractivity contribution in [1.82, 2.24) is 4.57 Å². The average molecular weight is 706 g/mol. The Bertz CT molecular complexity index is 1720. The van der Waals surface area contributed by atoms with Crippen molar-refractivity contribution in [3.63, 3.8) is 0 Å². The Kier molecular flexibility index (Phi) is 5.92. The van der Waals surface area contributed by atoms with Gasteiger partial charge in [-0.2, -0.15) is 0 Å². The summed E-state index contributed by atoms with van der Waals surface area (Å²) in [6.07, 6.45) is 3.38. The summed E-state index contributed by atoms with van der Waals surface area (Å²) in [6, 6.07) is 18.0. The summed E-state index contributed by atoms with van der Waals surface area (Å²) in [5.74, 6) is -0.159. The molecule has 0 bridgehead atoms. The van der Waals surface area contributed by atoms with Crippen molar-refractivity contribution in [2.24, 2.45) is 4.99 Å². The molecule has 1 aromatic heterocycles. The van der Waals surface area contributed by atoms with E-state index in [-0.39, 0.29) is 23.2 Å². The van der Waals surface area contributed by atoms with Crippen LogP contribution in [0.15, 0.2) is 76.0 Å². The molecule has 6 rings (SSSR count). The van der Waals surface area contributed by atoms with Gasteiger partial charge in [-0.1, -0.05) is 47.7 Å². The molecular formula is C27H17FI2N2O2S. The SMILES string of the molecule is O=c1/c(=C\c2cc(I)cc(I)c2O)sc2n1[C@H](c1ccc(F)cc1)C1=C(N=2)c2ccccc2CC1. The van der Waals surface area contributed by atoms with Crippen LogP contribution in [0.25, 0.3) is 11.8 Å². The molecule has 4 nitrogen and oxygen atoms in total. The Morgan fingerprint density at radius 1 is 1.09 bits per heavy atom. The number of benzene rings is 3. The summed E-state index contributed by atoms with van der Waals surface area (Å²) in [4.78, 5) is 19.4. The molecule has 1 aliphatic heterocycles. The van der Waals surface area contributed by atoms with Gasteiger partial charge in [0, 0.05) is 14.7 Å². The molecule has 35 heavy (non-hydrogen) atoms.